The van der Waals surface area contributed by atoms with Crippen molar-refractivity contribution in [3.05, 3.63) is 94.9 Å². The number of nitrogens with zero attached hydrogens (tertiary/aromatic N) is 4. The second-order valence-electron chi connectivity index (χ2n) is 5.92. The summed E-state index contributed by atoms with van der Waals surface area (Å²) >= 11 is 0. The van der Waals surface area contributed by atoms with Crippen LogP contribution in [0.5, 0.6) is 0 Å². The summed E-state index contributed by atoms with van der Waals surface area (Å²) in [6.45, 7) is 0.800. The number of fused-ring (bicyclic) bond motifs is 1. The first-order valence-electron chi connectivity index (χ1n) is 8.47. The topological polar surface area (TPSA) is 81.9 Å². The predicted octanol–water partition coefficient (Wildman–Crippen LogP) is 2.43. The van der Waals surface area contributed by atoms with Crippen molar-refractivity contribution in [3.63, 3.8) is 0 Å². The molecule has 4 rings (SSSR count). The van der Waals surface area contributed by atoms with E-state index in [1.807, 2.05) is 42.5 Å². The van der Waals surface area contributed by atoms with E-state index in [2.05, 4.69) is 20.3 Å². The highest BCUT2D eigenvalue weighted by molar-refractivity contribution is 5.87. The Morgan fingerprint density at radius 1 is 1.00 bits per heavy atom. The summed E-state index contributed by atoms with van der Waals surface area (Å²) in [4.78, 5) is 30.8. The van der Waals surface area contributed by atoms with Crippen molar-refractivity contribution in [2.45, 2.75) is 13.2 Å². The predicted molar refractivity (Wildman–Crippen MR) is 102 cm³/mol. The summed E-state index contributed by atoms with van der Waals surface area (Å²) < 4.78 is 1.21. The quantitative estimate of drug-likeness (QED) is 0.569. The molecule has 27 heavy (non-hydrogen) atoms. The van der Waals surface area contributed by atoms with Gasteiger partial charge in [-0.1, -0.05) is 36.4 Å². The summed E-state index contributed by atoms with van der Waals surface area (Å²) in [5.41, 5.74) is 2.74. The number of aromatic nitrogens is 4. The molecule has 1 N–H and O–H groups in total. The molecule has 7 heteroatoms. The highest BCUT2D eigenvalue weighted by atomic mass is 16.7. The van der Waals surface area contributed by atoms with Crippen LogP contribution in [0.3, 0.4) is 0 Å². The molecule has 7 nitrogen and oxygen atoms in total. The van der Waals surface area contributed by atoms with Crippen molar-refractivity contribution >= 4 is 16.7 Å². The zero-order valence-electron chi connectivity index (χ0n) is 14.4. The van der Waals surface area contributed by atoms with Crippen LogP contribution in [0.2, 0.25) is 0 Å². The smallest absolute Gasteiger partial charge is 0.287 e. The Labute approximate surface area is 155 Å². The maximum Gasteiger partial charge on any atom is 0.287 e. The average Bonchev–Trinajstić information content (AvgIpc) is 2.73. The van der Waals surface area contributed by atoms with Crippen LogP contribution in [0.25, 0.3) is 11.0 Å². The number of nitrogens with one attached hydrogen (secondary N) is 1. The first-order chi connectivity index (χ1) is 13.3. The Morgan fingerprint density at radius 2 is 1.85 bits per heavy atom. The van der Waals surface area contributed by atoms with Crippen molar-refractivity contribution in [2.24, 2.45) is 0 Å². The molecule has 3 heterocycles. The van der Waals surface area contributed by atoms with Crippen molar-refractivity contribution in [3.8, 4) is 0 Å². The molecule has 0 radical (unpaired) electrons. The van der Waals surface area contributed by atoms with Crippen molar-refractivity contribution in [1.29, 1.82) is 0 Å². The van der Waals surface area contributed by atoms with Gasteiger partial charge in [0.1, 0.15) is 12.9 Å². The van der Waals surface area contributed by atoms with Crippen LogP contribution in [0.1, 0.15) is 11.1 Å². The summed E-state index contributed by atoms with van der Waals surface area (Å²) in [6, 6.07) is 15.0. The Morgan fingerprint density at radius 3 is 2.67 bits per heavy atom. The maximum atomic E-state index is 12.6. The number of pyridine rings is 2. The number of rotatable bonds is 6. The van der Waals surface area contributed by atoms with Crippen LogP contribution in [0, 0.1) is 0 Å². The lowest BCUT2D eigenvalue weighted by Gasteiger charge is -2.14. The van der Waals surface area contributed by atoms with Crippen LogP contribution in [0.4, 0.5) is 5.69 Å². The molecule has 0 bridgehead atoms. The summed E-state index contributed by atoms with van der Waals surface area (Å²) in [5, 5.41) is 3.96. The van der Waals surface area contributed by atoms with Gasteiger partial charge < -0.3 is 10.2 Å². The maximum absolute atomic E-state index is 12.6. The molecular weight excluding hydrogens is 342 g/mol. The largest absolute Gasteiger partial charge is 0.404 e. The molecule has 0 amide bonds. The number of hydrogen-bond donors (Lipinski definition) is 1. The lowest BCUT2D eigenvalue weighted by molar-refractivity contribution is 0.0980. The van der Waals surface area contributed by atoms with Crippen LogP contribution in [-0.2, 0) is 13.2 Å². The molecule has 0 unspecified atom stereocenters. The van der Waals surface area contributed by atoms with E-state index in [1.54, 1.807) is 18.6 Å². The molecule has 0 fully saturated rings. The van der Waals surface area contributed by atoms with Gasteiger partial charge in [0.25, 0.3) is 5.56 Å². The Kier molecular flexibility index (Phi) is 4.74. The normalized spacial score (nSPS) is 10.7. The molecule has 0 aliphatic carbocycles. The van der Waals surface area contributed by atoms with Gasteiger partial charge in [0.15, 0.2) is 5.65 Å². The SMILES string of the molecule is O=c1cc(NCc2cccnc2)c2cncnc2n1OCc1ccccc1. The van der Waals surface area contributed by atoms with Crippen molar-refractivity contribution in [1.82, 2.24) is 19.7 Å². The van der Waals surface area contributed by atoms with Crippen molar-refractivity contribution < 1.29 is 4.84 Å². The molecule has 0 spiro atoms. The molecule has 1 aromatic carbocycles. The minimum atomic E-state index is -0.300. The molecule has 0 saturated carbocycles. The van der Waals surface area contributed by atoms with E-state index >= 15 is 0 Å². The summed E-state index contributed by atoms with van der Waals surface area (Å²) in [7, 11) is 0. The van der Waals surface area contributed by atoms with E-state index < -0.39 is 0 Å². The number of anilines is 1. The highest BCUT2D eigenvalue weighted by Gasteiger charge is 2.11. The summed E-state index contributed by atoms with van der Waals surface area (Å²) in [5.74, 6) is 0. The van der Waals surface area contributed by atoms with E-state index in [0.29, 0.717) is 23.3 Å². The van der Waals surface area contributed by atoms with Crippen LogP contribution in [-0.4, -0.2) is 19.7 Å². The molecule has 0 aliphatic heterocycles. The Bertz CT molecular complexity index is 1100. The van der Waals surface area contributed by atoms with Crippen LogP contribution in [0.15, 0.2) is 78.2 Å². The number of hydrogen-bond acceptors (Lipinski definition) is 6. The van der Waals surface area contributed by atoms with Gasteiger partial charge in [0.2, 0.25) is 0 Å². The second kappa shape index (κ2) is 7.65. The third-order valence-electron chi connectivity index (χ3n) is 4.05. The summed E-state index contributed by atoms with van der Waals surface area (Å²) in [6.07, 6.45) is 6.55. The van der Waals surface area contributed by atoms with E-state index in [1.165, 1.54) is 17.1 Å². The minimum Gasteiger partial charge on any atom is -0.404 e. The van der Waals surface area contributed by atoms with Gasteiger partial charge in [-0.3, -0.25) is 9.78 Å². The first-order valence-corrected chi connectivity index (χ1v) is 8.47. The van der Waals surface area contributed by atoms with Gasteiger partial charge in [-0.05, 0) is 17.2 Å². The highest BCUT2D eigenvalue weighted by Crippen LogP contribution is 2.19. The van der Waals surface area contributed by atoms with Gasteiger partial charge in [-0.2, -0.15) is 0 Å². The van der Waals surface area contributed by atoms with Gasteiger partial charge in [0, 0.05) is 31.2 Å². The van der Waals surface area contributed by atoms with Gasteiger partial charge in [-0.15, -0.1) is 4.73 Å². The monoisotopic (exact) mass is 359 g/mol. The zero-order valence-corrected chi connectivity index (χ0v) is 14.4. The lowest BCUT2D eigenvalue weighted by atomic mass is 10.2. The molecule has 0 atom stereocenters. The molecule has 3 aromatic heterocycles. The third-order valence-corrected chi connectivity index (χ3v) is 4.05. The number of benzene rings is 1. The Balaban J connectivity index is 1.64. The van der Waals surface area contributed by atoms with Crippen LogP contribution < -0.4 is 15.7 Å². The third kappa shape index (κ3) is 3.77. The zero-order chi connectivity index (χ0) is 18.5. The fraction of sp³-hybridized carbons (Fsp3) is 0.100. The van der Waals surface area contributed by atoms with Gasteiger partial charge >= 0.3 is 0 Å². The van der Waals surface area contributed by atoms with E-state index in [9.17, 15) is 4.79 Å². The van der Waals surface area contributed by atoms with E-state index in [0.717, 1.165) is 11.1 Å². The fourth-order valence-corrected chi connectivity index (χ4v) is 2.72. The first kappa shape index (κ1) is 16.7. The lowest BCUT2D eigenvalue weighted by Crippen LogP contribution is -2.27. The standard InChI is InChI=1S/C20H17N5O2/c26-19-9-18(23-11-16-7-4-8-21-10-16)17-12-22-14-24-20(17)25(19)27-13-15-5-2-1-3-6-15/h1-10,12,14,23H,11,13H2. The van der Waals surface area contributed by atoms with Gasteiger partial charge in [0.05, 0.1) is 11.1 Å². The molecule has 4 aromatic rings. The van der Waals surface area contributed by atoms with E-state index in [-0.39, 0.29) is 12.2 Å². The molecular formula is C20H17N5O2. The minimum absolute atomic E-state index is 0.266. The van der Waals surface area contributed by atoms with Gasteiger partial charge in [-0.25, -0.2) is 9.97 Å². The van der Waals surface area contributed by atoms with Crippen molar-refractivity contribution in [2.75, 3.05) is 5.32 Å². The molecule has 0 saturated heterocycles. The Hall–Kier alpha value is -3.74. The van der Waals surface area contributed by atoms with Crippen LogP contribution >= 0.6 is 0 Å². The molecule has 134 valence electrons. The second-order valence-corrected chi connectivity index (χ2v) is 5.92. The molecule has 0 aliphatic rings. The fourth-order valence-electron chi connectivity index (χ4n) is 2.72. The van der Waals surface area contributed by atoms with E-state index in [4.69, 9.17) is 4.84 Å². The average molecular weight is 359 g/mol.